The summed E-state index contributed by atoms with van der Waals surface area (Å²) in [6.07, 6.45) is 0.119. The first-order valence-electron chi connectivity index (χ1n) is 8.00. The Morgan fingerprint density at radius 3 is 2.69 bits per heavy atom. The number of nitro groups is 1. The van der Waals surface area contributed by atoms with E-state index in [0.29, 0.717) is 13.1 Å². The fourth-order valence-corrected chi connectivity index (χ4v) is 3.07. The highest BCUT2D eigenvalue weighted by Crippen LogP contribution is 2.28. The molecule has 1 saturated heterocycles. The van der Waals surface area contributed by atoms with Gasteiger partial charge in [-0.3, -0.25) is 19.7 Å². The summed E-state index contributed by atoms with van der Waals surface area (Å²) in [5, 5.41) is 13.6. The SMILES string of the molecule is O=C(Nc1ccc(Cl)c([N+](=O)[O-])c1)[C@H]1CC(=O)N(Cc2ccccc2)C1. The van der Waals surface area contributed by atoms with Gasteiger partial charge in [0.05, 0.1) is 10.8 Å². The second kappa shape index (κ2) is 7.53. The molecule has 0 spiro atoms. The van der Waals surface area contributed by atoms with E-state index in [1.54, 1.807) is 4.90 Å². The first-order valence-corrected chi connectivity index (χ1v) is 8.38. The Hall–Kier alpha value is -2.93. The highest BCUT2D eigenvalue weighted by Gasteiger charge is 2.34. The molecule has 3 rings (SSSR count). The van der Waals surface area contributed by atoms with Crippen LogP contribution in [0.3, 0.4) is 0 Å². The number of amides is 2. The highest BCUT2D eigenvalue weighted by molar-refractivity contribution is 6.32. The lowest BCUT2D eigenvalue weighted by Crippen LogP contribution is -2.28. The summed E-state index contributed by atoms with van der Waals surface area (Å²) in [6, 6.07) is 13.6. The Morgan fingerprint density at radius 1 is 1.27 bits per heavy atom. The van der Waals surface area contributed by atoms with Crippen LogP contribution < -0.4 is 5.32 Å². The van der Waals surface area contributed by atoms with E-state index in [1.165, 1.54) is 18.2 Å². The summed E-state index contributed by atoms with van der Waals surface area (Å²) < 4.78 is 0. The monoisotopic (exact) mass is 373 g/mol. The predicted molar refractivity (Wildman–Crippen MR) is 96.7 cm³/mol. The van der Waals surface area contributed by atoms with Gasteiger partial charge in [0.1, 0.15) is 5.02 Å². The third-order valence-corrected chi connectivity index (χ3v) is 4.53. The van der Waals surface area contributed by atoms with Gasteiger partial charge in [0.25, 0.3) is 5.69 Å². The smallest absolute Gasteiger partial charge is 0.289 e. The van der Waals surface area contributed by atoms with Crippen LogP contribution in [0.1, 0.15) is 12.0 Å². The van der Waals surface area contributed by atoms with Crippen LogP contribution >= 0.6 is 11.6 Å². The number of nitro benzene ring substituents is 1. The number of likely N-dealkylation sites (tertiary alicyclic amines) is 1. The number of hydrogen-bond donors (Lipinski definition) is 1. The molecule has 0 saturated carbocycles. The van der Waals surface area contributed by atoms with Gasteiger partial charge >= 0.3 is 0 Å². The summed E-state index contributed by atoms with van der Waals surface area (Å²) >= 11 is 5.76. The van der Waals surface area contributed by atoms with Crippen molar-refractivity contribution in [3.63, 3.8) is 0 Å². The van der Waals surface area contributed by atoms with Gasteiger partial charge in [-0.05, 0) is 17.7 Å². The molecule has 26 heavy (non-hydrogen) atoms. The van der Waals surface area contributed by atoms with Crippen LogP contribution in [0.2, 0.25) is 5.02 Å². The summed E-state index contributed by atoms with van der Waals surface area (Å²) in [5.41, 5.74) is 0.993. The van der Waals surface area contributed by atoms with Crippen molar-refractivity contribution in [2.45, 2.75) is 13.0 Å². The van der Waals surface area contributed by atoms with Gasteiger partial charge in [0.2, 0.25) is 11.8 Å². The van der Waals surface area contributed by atoms with Crippen LogP contribution in [0.25, 0.3) is 0 Å². The van der Waals surface area contributed by atoms with E-state index in [2.05, 4.69) is 5.32 Å². The van der Waals surface area contributed by atoms with E-state index in [-0.39, 0.29) is 34.6 Å². The number of hydrogen-bond acceptors (Lipinski definition) is 4. The number of carbonyl (C=O) groups is 2. The van der Waals surface area contributed by atoms with Gasteiger partial charge in [0, 0.05) is 31.3 Å². The molecule has 0 radical (unpaired) electrons. The molecule has 134 valence electrons. The van der Waals surface area contributed by atoms with Crippen LogP contribution in [0, 0.1) is 16.0 Å². The number of rotatable bonds is 5. The van der Waals surface area contributed by atoms with Gasteiger partial charge < -0.3 is 10.2 Å². The molecule has 0 unspecified atom stereocenters. The topological polar surface area (TPSA) is 92.5 Å². The zero-order valence-electron chi connectivity index (χ0n) is 13.7. The van der Waals surface area contributed by atoms with Crippen molar-refractivity contribution in [1.29, 1.82) is 0 Å². The molecule has 2 aromatic rings. The van der Waals surface area contributed by atoms with Crippen molar-refractivity contribution in [3.8, 4) is 0 Å². The molecule has 1 atom stereocenters. The van der Waals surface area contributed by atoms with Crippen LogP contribution in [-0.4, -0.2) is 28.2 Å². The molecule has 0 aliphatic carbocycles. The molecular weight excluding hydrogens is 358 g/mol. The number of carbonyl (C=O) groups excluding carboxylic acids is 2. The van der Waals surface area contributed by atoms with E-state index in [0.717, 1.165) is 5.56 Å². The van der Waals surface area contributed by atoms with Crippen molar-refractivity contribution in [2.24, 2.45) is 5.92 Å². The van der Waals surface area contributed by atoms with E-state index in [1.807, 2.05) is 30.3 Å². The van der Waals surface area contributed by atoms with Crippen molar-refractivity contribution in [1.82, 2.24) is 4.90 Å². The maximum Gasteiger partial charge on any atom is 0.289 e. The van der Waals surface area contributed by atoms with Gasteiger partial charge in [-0.15, -0.1) is 0 Å². The van der Waals surface area contributed by atoms with E-state index in [9.17, 15) is 19.7 Å². The summed E-state index contributed by atoms with van der Waals surface area (Å²) in [7, 11) is 0. The Labute approximate surface area is 154 Å². The van der Waals surface area contributed by atoms with E-state index < -0.39 is 10.8 Å². The molecule has 0 bridgehead atoms. The quantitative estimate of drug-likeness (QED) is 0.643. The molecule has 1 N–H and O–H groups in total. The Balaban J connectivity index is 1.65. The lowest BCUT2D eigenvalue weighted by atomic mass is 10.1. The summed E-state index contributed by atoms with van der Waals surface area (Å²) in [4.78, 5) is 36.6. The average Bonchev–Trinajstić information content (AvgIpc) is 2.98. The first kappa shape index (κ1) is 17.9. The predicted octanol–water partition coefficient (Wildman–Crippen LogP) is 3.24. The highest BCUT2D eigenvalue weighted by atomic mass is 35.5. The molecular formula is C18H16ClN3O4. The molecule has 8 heteroatoms. The fraction of sp³-hybridized carbons (Fsp3) is 0.222. The Bertz CT molecular complexity index is 857. The summed E-state index contributed by atoms with van der Waals surface area (Å²) in [5.74, 6) is -0.928. The second-order valence-electron chi connectivity index (χ2n) is 6.07. The molecule has 1 fully saturated rings. The van der Waals surface area contributed by atoms with Crippen LogP contribution in [-0.2, 0) is 16.1 Å². The third kappa shape index (κ3) is 4.00. The molecule has 1 aliphatic rings. The minimum atomic E-state index is -0.612. The fourth-order valence-electron chi connectivity index (χ4n) is 2.88. The number of benzene rings is 2. The van der Waals surface area contributed by atoms with Gasteiger partial charge in [-0.1, -0.05) is 41.9 Å². The minimum Gasteiger partial charge on any atom is -0.338 e. The molecule has 1 aliphatic heterocycles. The largest absolute Gasteiger partial charge is 0.338 e. The van der Waals surface area contributed by atoms with E-state index >= 15 is 0 Å². The van der Waals surface area contributed by atoms with Crippen LogP contribution in [0.4, 0.5) is 11.4 Å². The van der Waals surface area contributed by atoms with Gasteiger partial charge in [-0.2, -0.15) is 0 Å². The maximum absolute atomic E-state index is 12.4. The maximum atomic E-state index is 12.4. The summed E-state index contributed by atoms with van der Waals surface area (Å²) in [6.45, 7) is 0.769. The number of nitrogens with one attached hydrogen (secondary N) is 1. The molecule has 7 nitrogen and oxygen atoms in total. The second-order valence-corrected chi connectivity index (χ2v) is 6.48. The van der Waals surface area contributed by atoms with Crippen molar-refractivity contribution < 1.29 is 14.5 Å². The number of halogens is 1. The lowest BCUT2D eigenvalue weighted by Gasteiger charge is -2.16. The van der Waals surface area contributed by atoms with Crippen molar-refractivity contribution >= 4 is 34.8 Å². The van der Waals surface area contributed by atoms with E-state index in [4.69, 9.17) is 11.6 Å². The zero-order valence-corrected chi connectivity index (χ0v) is 14.5. The third-order valence-electron chi connectivity index (χ3n) is 4.21. The number of nitrogens with zero attached hydrogens (tertiary/aromatic N) is 2. The zero-order chi connectivity index (χ0) is 18.7. The van der Waals surface area contributed by atoms with Crippen LogP contribution in [0.15, 0.2) is 48.5 Å². The number of anilines is 1. The molecule has 0 aromatic heterocycles. The van der Waals surface area contributed by atoms with Gasteiger partial charge in [0.15, 0.2) is 0 Å². The van der Waals surface area contributed by atoms with Crippen molar-refractivity contribution in [3.05, 3.63) is 69.2 Å². The Morgan fingerprint density at radius 2 is 2.00 bits per heavy atom. The Kier molecular flexibility index (Phi) is 5.18. The van der Waals surface area contributed by atoms with Crippen LogP contribution in [0.5, 0.6) is 0 Å². The lowest BCUT2D eigenvalue weighted by molar-refractivity contribution is -0.384. The molecule has 2 amide bonds. The molecule has 2 aromatic carbocycles. The molecule has 1 heterocycles. The average molecular weight is 374 g/mol. The standard InChI is InChI=1S/C18H16ClN3O4/c19-15-7-6-14(9-16(15)22(25)26)20-18(24)13-8-17(23)21(11-13)10-12-4-2-1-3-5-12/h1-7,9,13H,8,10-11H2,(H,20,24)/t13-/m0/s1. The minimum absolute atomic E-state index is 0.00178. The first-order chi connectivity index (χ1) is 12.4. The normalized spacial score (nSPS) is 16.6. The van der Waals surface area contributed by atoms with Crippen molar-refractivity contribution in [2.75, 3.05) is 11.9 Å². The van der Waals surface area contributed by atoms with Gasteiger partial charge in [-0.25, -0.2) is 0 Å².